The minimum absolute atomic E-state index is 0.0980. The number of halogens is 3. The molecule has 0 radical (unpaired) electrons. The van der Waals surface area contributed by atoms with E-state index in [4.69, 9.17) is 4.99 Å². The lowest BCUT2D eigenvalue weighted by Crippen LogP contribution is -2.49. The summed E-state index contributed by atoms with van der Waals surface area (Å²) in [5, 5.41) is 2.94. The first-order valence-electron chi connectivity index (χ1n) is 10.9. The molecule has 33 heavy (non-hydrogen) atoms. The molecule has 1 N–H and O–H groups in total. The summed E-state index contributed by atoms with van der Waals surface area (Å²) in [6.45, 7) is 4.91. The Hall–Kier alpha value is -3.33. The van der Waals surface area contributed by atoms with Gasteiger partial charge in [0.05, 0.1) is 5.56 Å². The minimum atomic E-state index is -4.38. The number of benzene rings is 2. The number of rotatable bonds is 4. The maximum atomic E-state index is 12.9. The maximum Gasteiger partial charge on any atom is 0.416 e. The van der Waals surface area contributed by atoms with Crippen molar-refractivity contribution < 1.29 is 18.0 Å². The number of hydrogen-bond donors (Lipinski definition) is 1. The van der Waals surface area contributed by atoms with Crippen LogP contribution in [-0.4, -0.2) is 41.4 Å². The fourth-order valence-electron chi connectivity index (χ4n) is 4.63. The Bertz CT molecular complexity index is 1100. The predicted octanol–water partition coefficient (Wildman–Crippen LogP) is 4.47. The van der Waals surface area contributed by atoms with Crippen LogP contribution in [0.3, 0.4) is 0 Å². The highest BCUT2D eigenvalue weighted by Crippen LogP contribution is 2.33. The molecule has 2 atom stereocenters. The number of alkyl halides is 3. The third-order valence-corrected chi connectivity index (χ3v) is 6.37. The fraction of sp³-hybridized carbons (Fsp3) is 0.333. The highest BCUT2D eigenvalue weighted by atomic mass is 19.4. The second-order valence-corrected chi connectivity index (χ2v) is 8.76. The Morgan fingerprint density at radius 3 is 2.48 bits per heavy atom. The van der Waals surface area contributed by atoms with Gasteiger partial charge in [-0.05, 0) is 35.7 Å². The molecule has 1 saturated heterocycles. The number of urea groups is 1. The molecule has 5 rings (SSSR count). The van der Waals surface area contributed by atoms with E-state index >= 15 is 0 Å². The second-order valence-electron chi connectivity index (χ2n) is 8.76. The van der Waals surface area contributed by atoms with E-state index in [0.717, 1.165) is 31.8 Å². The number of amides is 2. The molecule has 2 aromatic carbocycles. The van der Waals surface area contributed by atoms with Gasteiger partial charge in [0.25, 0.3) is 0 Å². The minimum Gasteiger partial charge on any atom is -0.326 e. The molecule has 0 aromatic heterocycles. The van der Waals surface area contributed by atoms with Crippen molar-refractivity contribution in [3.8, 4) is 0 Å². The molecule has 2 aromatic rings. The zero-order chi connectivity index (χ0) is 23.2. The summed E-state index contributed by atoms with van der Waals surface area (Å²) in [6.07, 6.45) is -2.67. The molecule has 3 aliphatic heterocycles. The number of carbonyl (C=O) groups is 1. The summed E-state index contributed by atoms with van der Waals surface area (Å²) >= 11 is 0. The van der Waals surface area contributed by atoms with Gasteiger partial charge in [-0.15, -0.1) is 0 Å². The number of fused-ring (bicyclic) bond motifs is 1. The lowest BCUT2D eigenvalue weighted by Gasteiger charge is -2.28. The highest BCUT2D eigenvalue weighted by molar-refractivity contribution is 6.02. The van der Waals surface area contributed by atoms with Crippen molar-refractivity contribution in [3.63, 3.8) is 0 Å². The Morgan fingerprint density at radius 1 is 1.06 bits per heavy atom. The number of carbonyl (C=O) groups excluding carboxylic acids is 1. The van der Waals surface area contributed by atoms with Crippen LogP contribution in [0.2, 0.25) is 0 Å². The van der Waals surface area contributed by atoms with E-state index in [-0.39, 0.29) is 18.6 Å². The van der Waals surface area contributed by atoms with E-state index in [1.54, 1.807) is 11.1 Å². The van der Waals surface area contributed by atoms with E-state index in [0.29, 0.717) is 23.3 Å². The normalized spacial score (nSPS) is 23.3. The summed E-state index contributed by atoms with van der Waals surface area (Å²) in [5.74, 6) is 1.58. The number of amidine groups is 1. The van der Waals surface area contributed by atoms with Gasteiger partial charge in [-0.1, -0.05) is 37.3 Å². The second kappa shape index (κ2) is 8.22. The topological polar surface area (TPSA) is 51.2 Å². The molecule has 0 aliphatic carbocycles. The zero-order valence-corrected chi connectivity index (χ0v) is 18.1. The Kier molecular flexibility index (Phi) is 5.36. The summed E-state index contributed by atoms with van der Waals surface area (Å²) < 4.78 is 38.6. The fourth-order valence-corrected chi connectivity index (χ4v) is 4.63. The SMILES string of the molecule is CC1CN(Cc2ccccc2)CC1C1=NC2=CN(c3ccc(C(F)(F)F)cc3)CN2C(=O)N1. The van der Waals surface area contributed by atoms with Crippen LogP contribution in [0.15, 0.2) is 71.6 Å². The first kappa shape index (κ1) is 21.5. The van der Waals surface area contributed by atoms with Gasteiger partial charge in [-0.3, -0.25) is 15.1 Å². The van der Waals surface area contributed by atoms with Crippen LogP contribution in [0.1, 0.15) is 18.1 Å². The summed E-state index contributed by atoms with van der Waals surface area (Å²) in [6, 6.07) is 14.9. The van der Waals surface area contributed by atoms with Crippen LogP contribution in [0.25, 0.3) is 0 Å². The molecular formula is C24H24F3N5O. The molecule has 3 heterocycles. The standard InChI is InChI=1S/C24H24F3N5O/c1-16-11-30(12-17-5-3-2-4-6-17)13-20(16)22-28-21-14-31(15-32(21)23(33)29-22)19-9-7-18(8-10-19)24(25,26)27/h2-10,14,16,20H,11-13,15H2,1H3,(H,28,29,33). The third kappa shape index (κ3) is 4.32. The van der Waals surface area contributed by atoms with Crippen molar-refractivity contribution in [2.75, 3.05) is 24.7 Å². The van der Waals surface area contributed by atoms with E-state index in [1.807, 2.05) is 18.2 Å². The Morgan fingerprint density at radius 2 is 1.79 bits per heavy atom. The molecule has 6 nitrogen and oxygen atoms in total. The van der Waals surface area contributed by atoms with Crippen molar-refractivity contribution in [1.29, 1.82) is 0 Å². The van der Waals surface area contributed by atoms with E-state index in [9.17, 15) is 18.0 Å². The van der Waals surface area contributed by atoms with Crippen molar-refractivity contribution in [3.05, 3.63) is 77.7 Å². The molecule has 3 aliphatic rings. The number of hydrogen-bond acceptors (Lipinski definition) is 4. The highest BCUT2D eigenvalue weighted by Gasteiger charge is 2.39. The number of anilines is 1. The van der Waals surface area contributed by atoms with Gasteiger partial charge in [0.1, 0.15) is 12.5 Å². The van der Waals surface area contributed by atoms with Crippen molar-refractivity contribution in [2.24, 2.45) is 16.8 Å². The third-order valence-electron chi connectivity index (χ3n) is 6.37. The van der Waals surface area contributed by atoms with Crippen LogP contribution >= 0.6 is 0 Å². The van der Waals surface area contributed by atoms with Crippen molar-refractivity contribution in [1.82, 2.24) is 15.1 Å². The first-order chi connectivity index (χ1) is 15.8. The van der Waals surface area contributed by atoms with E-state index < -0.39 is 11.7 Å². The summed E-state index contributed by atoms with van der Waals surface area (Å²) in [5.41, 5.74) is 1.11. The van der Waals surface area contributed by atoms with E-state index in [2.05, 4.69) is 29.3 Å². The molecule has 2 amide bonds. The summed E-state index contributed by atoms with van der Waals surface area (Å²) in [4.78, 5) is 23.1. The average Bonchev–Trinajstić information content (AvgIpc) is 3.37. The number of aliphatic imine (C=N–C) groups is 1. The number of nitrogens with one attached hydrogen (secondary N) is 1. The average molecular weight is 455 g/mol. The monoisotopic (exact) mass is 455 g/mol. The van der Waals surface area contributed by atoms with Crippen LogP contribution in [0, 0.1) is 11.8 Å². The maximum absolute atomic E-state index is 12.9. The van der Waals surface area contributed by atoms with Gasteiger partial charge in [0.2, 0.25) is 0 Å². The van der Waals surface area contributed by atoms with Crippen LogP contribution in [-0.2, 0) is 12.7 Å². The van der Waals surface area contributed by atoms with Crippen LogP contribution in [0.5, 0.6) is 0 Å². The largest absolute Gasteiger partial charge is 0.416 e. The quantitative estimate of drug-likeness (QED) is 0.740. The molecule has 0 spiro atoms. The number of nitrogens with zero attached hydrogens (tertiary/aromatic N) is 4. The summed E-state index contributed by atoms with van der Waals surface area (Å²) in [7, 11) is 0. The molecule has 1 fully saturated rings. The van der Waals surface area contributed by atoms with Crippen molar-refractivity contribution in [2.45, 2.75) is 19.6 Å². The lowest BCUT2D eigenvalue weighted by molar-refractivity contribution is -0.137. The predicted molar refractivity (Wildman–Crippen MR) is 119 cm³/mol. The van der Waals surface area contributed by atoms with Gasteiger partial charge in [0.15, 0.2) is 5.82 Å². The van der Waals surface area contributed by atoms with Crippen LogP contribution < -0.4 is 10.2 Å². The van der Waals surface area contributed by atoms with Crippen LogP contribution in [0.4, 0.5) is 23.7 Å². The van der Waals surface area contributed by atoms with Gasteiger partial charge in [-0.2, -0.15) is 13.2 Å². The van der Waals surface area contributed by atoms with Crippen molar-refractivity contribution >= 4 is 17.6 Å². The smallest absolute Gasteiger partial charge is 0.326 e. The Balaban J connectivity index is 1.32. The first-order valence-corrected chi connectivity index (χ1v) is 10.9. The molecule has 0 bridgehead atoms. The zero-order valence-electron chi connectivity index (χ0n) is 18.1. The molecule has 9 heteroatoms. The molecular weight excluding hydrogens is 431 g/mol. The number of likely N-dealkylation sites (tertiary alicyclic amines) is 1. The molecule has 172 valence electrons. The molecule has 2 unspecified atom stereocenters. The van der Waals surface area contributed by atoms with Gasteiger partial charge < -0.3 is 4.90 Å². The molecule has 0 saturated carbocycles. The van der Waals surface area contributed by atoms with Gasteiger partial charge in [0, 0.05) is 37.4 Å². The van der Waals surface area contributed by atoms with Gasteiger partial charge >= 0.3 is 12.2 Å². The van der Waals surface area contributed by atoms with E-state index in [1.165, 1.54) is 22.6 Å². The van der Waals surface area contributed by atoms with Gasteiger partial charge in [-0.25, -0.2) is 9.79 Å². The lowest BCUT2D eigenvalue weighted by atomic mass is 9.96. The Labute approximate surface area is 190 Å².